The number of amides is 2. The van der Waals surface area contributed by atoms with Gasteiger partial charge in [-0.15, -0.1) is 0 Å². The van der Waals surface area contributed by atoms with E-state index in [1.807, 2.05) is 30.3 Å². The highest BCUT2D eigenvalue weighted by molar-refractivity contribution is 6.04. The Bertz CT molecular complexity index is 1280. The summed E-state index contributed by atoms with van der Waals surface area (Å²) in [6, 6.07) is 20.5. The molecule has 2 amide bonds. The predicted octanol–water partition coefficient (Wildman–Crippen LogP) is 3.29. The SMILES string of the molecule is Nc1ccc(NC(=O)c2nc(Cc3ccccc3)n3c2CN(C(=O)c2ccc[nH]2)CC3)cc1. The van der Waals surface area contributed by atoms with Gasteiger partial charge in [0.25, 0.3) is 11.8 Å². The molecule has 3 heterocycles. The monoisotopic (exact) mass is 440 g/mol. The van der Waals surface area contributed by atoms with Gasteiger partial charge >= 0.3 is 0 Å². The summed E-state index contributed by atoms with van der Waals surface area (Å²) < 4.78 is 2.07. The van der Waals surface area contributed by atoms with Gasteiger partial charge in [0.2, 0.25) is 0 Å². The number of nitrogens with one attached hydrogen (secondary N) is 2. The first-order valence-electron chi connectivity index (χ1n) is 10.8. The van der Waals surface area contributed by atoms with Crippen molar-refractivity contribution in [3.63, 3.8) is 0 Å². The van der Waals surface area contributed by atoms with Crippen LogP contribution >= 0.6 is 0 Å². The maximum Gasteiger partial charge on any atom is 0.276 e. The summed E-state index contributed by atoms with van der Waals surface area (Å²) in [5.74, 6) is 0.407. The van der Waals surface area contributed by atoms with Crippen LogP contribution in [-0.4, -0.2) is 37.8 Å². The lowest BCUT2D eigenvalue weighted by molar-refractivity contribution is 0.0702. The summed E-state index contributed by atoms with van der Waals surface area (Å²) in [6.07, 6.45) is 2.33. The number of nitrogens with zero attached hydrogens (tertiary/aromatic N) is 3. The van der Waals surface area contributed by atoms with Gasteiger partial charge in [0.05, 0.1) is 12.2 Å². The number of carbonyl (C=O) groups excluding carboxylic acids is 2. The van der Waals surface area contributed by atoms with E-state index >= 15 is 0 Å². The van der Waals surface area contributed by atoms with Gasteiger partial charge in [0.1, 0.15) is 11.5 Å². The second kappa shape index (κ2) is 8.66. The van der Waals surface area contributed by atoms with Gasteiger partial charge in [-0.3, -0.25) is 9.59 Å². The standard InChI is InChI=1S/C25H24N6O2/c26-18-8-10-19(11-9-18)28-24(32)23-21-16-30(25(33)20-7-4-12-27-20)13-14-31(21)22(29-23)15-17-5-2-1-3-6-17/h1-12,27H,13-16,26H2,(H,28,32). The lowest BCUT2D eigenvalue weighted by Gasteiger charge is -2.29. The van der Waals surface area contributed by atoms with E-state index < -0.39 is 0 Å². The fourth-order valence-corrected chi connectivity index (χ4v) is 4.10. The third kappa shape index (κ3) is 4.23. The molecule has 0 aliphatic carbocycles. The minimum absolute atomic E-state index is 0.0954. The first-order valence-corrected chi connectivity index (χ1v) is 10.8. The van der Waals surface area contributed by atoms with Crippen LogP contribution in [0.5, 0.6) is 0 Å². The maximum atomic E-state index is 13.2. The Balaban J connectivity index is 1.47. The third-order valence-electron chi connectivity index (χ3n) is 5.79. The summed E-state index contributed by atoms with van der Waals surface area (Å²) in [7, 11) is 0. The zero-order valence-corrected chi connectivity index (χ0v) is 18.0. The number of H-pyrrole nitrogens is 1. The summed E-state index contributed by atoms with van der Waals surface area (Å²) in [5, 5.41) is 2.90. The number of hydrogen-bond acceptors (Lipinski definition) is 4. The summed E-state index contributed by atoms with van der Waals surface area (Å²) in [4.78, 5) is 35.6. The molecule has 166 valence electrons. The molecular formula is C25H24N6O2. The van der Waals surface area contributed by atoms with Crippen molar-refractivity contribution in [1.29, 1.82) is 0 Å². The zero-order valence-electron chi connectivity index (χ0n) is 18.0. The number of rotatable bonds is 5. The van der Waals surface area contributed by atoms with Crippen LogP contribution in [0.15, 0.2) is 72.9 Å². The van der Waals surface area contributed by atoms with Crippen molar-refractivity contribution in [3.8, 4) is 0 Å². The number of hydrogen-bond donors (Lipinski definition) is 3. The van der Waals surface area contributed by atoms with E-state index in [1.165, 1.54) is 0 Å². The van der Waals surface area contributed by atoms with E-state index in [9.17, 15) is 9.59 Å². The minimum Gasteiger partial charge on any atom is -0.399 e. The molecule has 0 radical (unpaired) electrons. The predicted molar refractivity (Wildman–Crippen MR) is 126 cm³/mol. The molecule has 0 saturated carbocycles. The molecule has 5 rings (SSSR count). The van der Waals surface area contributed by atoms with Crippen LogP contribution in [0.4, 0.5) is 11.4 Å². The molecule has 4 N–H and O–H groups in total. The number of nitrogens with two attached hydrogens (primary N) is 1. The quantitative estimate of drug-likeness (QED) is 0.414. The first-order chi connectivity index (χ1) is 16.1. The molecule has 33 heavy (non-hydrogen) atoms. The highest BCUT2D eigenvalue weighted by Crippen LogP contribution is 2.24. The van der Waals surface area contributed by atoms with Crippen molar-refractivity contribution in [2.24, 2.45) is 0 Å². The fourth-order valence-electron chi connectivity index (χ4n) is 4.10. The number of benzene rings is 2. The van der Waals surface area contributed by atoms with Crippen molar-refractivity contribution in [2.45, 2.75) is 19.5 Å². The highest BCUT2D eigenvalue weighted by Gasteiger charge is 2.30. The van der Waals surface area contributed by atoms with Crippen LogP contribution in [0.1, 0.15) is 38.1 Å². The number of nitrogen functional groups attached to an aromatic ring is 1. The Morgan fingerprint density at radius 1 is 1.00 bits per heavy atom. The maximum absolute atomic E-state index is 13.2. The van der Waals surface area contributed by atoms with E-state index in [4.69, 9.17) is 10.7 Å². The Kier molecular flexibility index (Phi) is 5.40. The number of anilines is 2. The average Bonchev–Trinajstić information content (AvgIpc) is 3.49. The molecule has 0 unspecified atom stereocenters. The molecule has 2 aromatic heterocycles. The van der Waals surface area contributed by atoms with Crippen molar-refractivity contribution in [3.05, 3.63) is 101 Å². The van der Waals surface area contributed by atoms with Gasteiger partial charge < -0.3 is 25.5 Å². The third-order valence-corrected chi connectivity index (χ3v) is 5.79. The molecule has 0 saturated heterocycles. The molecule has 0 atom stereocenters. The Morgan fingerprint density at radius 3 is 2.52 bits per heavy atom. The Hall–Kier alpha value is -4.33. The molecule has 4 aromatic rings. The molecule has 0 fully saturated rings. The van der Waals surface area contributed by atoms with Crippen LogP contribution in [0.2, 0.25) is 0 Å². The summed E-state index contributed by atoms with van der Waals surface area (Å²) in [5.41, 5.74) is 9.72. The molecular weight excluding hydrogens is 416 g/mol. The molecule has 1 aliphatic heterocycles. The topological polar surface area (TPSA) is 109 Å². The zero-order chi connectivity index (χ0) is 22.8. The second-order valence-corrected chi connectivity index (χ2v) is 8.02. The van der Waals surface area contributed by atoms with Crippen LogP contribution in [0.3, 0.4) is 0 Å². The minimum atomic E-state index is -0.308. The van der Waals surface area contributed by atoms with E-state index in [1.54, 1.807) is 47.5 Å². The normalized spacial score (nSPS) is 12.9. The largest absolute Gasteiger partial charge is 0.399 e. The van der Waals surface area contributed by atoms with Crippen LogP contribution in [0, 0.1) is 0 Å². The van der Waals surface area contributed by atoms with Gasteiger partial charge in [-0.1, -0.05) is 30.3 Å². The Morgan fingerprint density at radius 2 is 1.79 bits per heavy atom. The molecule has 0 spiro atoms. The van der Waals surface area contributed by atoms with Crippen LogP contribution in [-0.2, 0) is 19.5 Å². The van der Waals surface area contributed by atoms with Gasteiger partial charge in [-0.05, 0) is 42.0 Å². The van der Waals surface area contributed by atoms with Crippen LogP contribution < -0.4 is 11.1 Å². The van der Waals surface area contributed by atoms with Crippen molar-refractivity contribution >= 4 is 23.2 Å². The Labute approximate surface area is 191 Å². The lowest BCUT2D eigenvalue weighted by Crippen LogP contribution is -2.39. The smallest absolute Gasteiger partial charge is 0.276 e. The summed E-state index contributed by atoms with van der Waals surface area (Å²) in [6.45, 7) is 1.43. The van der Waals surface area contributed by atoms with Gasteiger partial charge in [-0.25, -0.2) is 4.98 Å². The molecule has 8 heteroatoms. The lowest BCUT2D eigenvalue weighted by atomic mass is 10.1. The molecule has 8 nitrogen and oxygen atoms in total. The first kappa shape index (κ1) is 20.6. The number of carbonyl (C=O) groups is 2. The number of aromatic nitrogens is 3. The second-order valence-electron chi connectivity index (χ2n) is 8.02. The summed E-state index contributed by atoms with van der Waals surface area (Å²) >= 11 is 0. The van der Waals surface area contributed by atoms with E-state index in [-0.39, 0.29) is 11.8 Å². The number of imidazole rings is 1. The van der Waals surface area contributed by atoms with Gasteiger partial charge in [-0.2, -0.15) is 0 Å². The number of fused-ring (bicyclic) bond motifs is 1. The average molecular weight is 441 g/mol. The van der Waals surface area contributed by atoms with Crippen molar-refractivity contribution < 1.29 is 9.59 Å². The molecule has 2 aromatic carbocycles. The van der Waals surface area contributed by atoms with Gasteiger partial charge in [0, 0.05) is 37.1 Å². The van der Waals surface area contributed by atoms with E-state index in [2.05, 4.69) is 14.9 Å². The number of aromatic amines is 1. The van der Waals surface area contributed by atoms with Crippen molar-refractivity contribution in [2.75, 3.05) is 17.6 Å². The van der Waals surface area contributed by atoms with Crippen LogP contribution in [0.25, 0.3) is 0 Å². The molecule has 1 aliphatic rings. The highest BCUT2D eigenvalue weighted by atomic mass is 16.2. The fraction of sp³-hybridized carbons (Fsp3) is 0.160. The van der Waals surface area contributed by atoms with Gasteiger partial charge in [0.15, 0.2) is 5.69 Å². The van der Waals surface area contributed by atoms with E-state index in [0.29, 0.717) is 48.8 Å². The molecule has 0 bridgehead atoms. The van der Waals surface area contributed by atoms with E-state index in [0.717, 1.165) is 17.1 Å². The van der Waals surface area contributed by atoms with Crippen molar-refractivity contribution in [1.82, 2.24) is 19.4 Å².